The summed E-state index contributed by atoms with van der Waals surface area (Å²) in [5.41, 5.74) is 1.61. The summed E-state index contributed by atoms with van der Waals surface area (Å²) in [4.78, 5) is 11.5. The number of rotatable bonds is 2. The van der Waals surface area contributed by atoms with E-state index < -0.39 is 0 Å². The number of cyclic esters (lactones) is 1. The molecule has 1 heterocycles. The van der Waals surface area contributed by atoms with Crippen LogP contribution in [0.3, 0.4) is 0 Å². The number of halogens is 1. The van der Waals surface area contributed by atoms with Crippen molar-refractivity contribution in [2.75, 3.05) is 0 Å². The van der Waals surface area contributed by atoms with Gasteiger partial charge in [-0.3, -0.25) is 0 Å². The Morgan fingerprint density at radius 2 is 2.00 bits per heavy atom. The van der Waals surface area contributed by atoms with E-state index in [2.05, 4.69) is 29.5 Å². The average molecular weight is 314 g/mol. The summed E-state index contributed by atoms with van der Waals surface area (Å²) in [6, 6.07) is 7.52. The zero-order valence-electron chi connectivity index (χ0n) is 8.42. The van der Waals surface area contributed by atoms with E-state index >= 15 is 0 Å². The first-order chi connectivity index (χ1) is 7.24. The Morgan fingerprint density at radius 3 is 2.67 bits per heavy atom. The molecular weight excluding hydrogens is 303 g/mol. The van der Waals surface area contributed by atoms with Gasteiger partial charge in [-0.15, -0.1) is 0 Å². The third-order valence-electron chi connectivity index (χ3n) is 2.30. The first kappa shape index (κ1) is 10.7. The minimum atomic E-state index is -0.231. The first-order valence-electron chi connectivity index (χ1n) is 4.94. The molecule has 78 valence electrons. The molecule has 0 saturated carbocycles. The standard InChI is InChI=1S/C12H11IO2/c1-2-5-10(13)11-8-6-3-4-7-9(8)12(14)15-11/h3-4,6-7H,2,5H2,1H3/b11-10+. The lowest BCUT2D eigenvalue weighted by Crippen LogP contribution is -1.92. The largest absolute Gasteiger partial charge is 0.421 e. The van der Waals surface area contributed by atoms with Gasteiger partial charge in [0.2, 0.25) is 0 Å². The molecule has 0 saturated heterocycles. The van der Waals surface area contributed by atoms with Gasteiger partial charge in [0.1, 0.15) is 5.76 Å². The van der Waals surface area contributed by atoms with E-state index in [1.165, 1.54) is 0 Å². The highest BCUT2D eigenvalue weighted by Gasteiger charge is 2.27. The van der Waals surface area contributed by atoms with E-state index in [4.69, 9.17) is 4.74 Å². The Labute approximate surface area is 102 Å². The summed E-state index contributed by atoms with van der Waals surface area (Å²) < 4.78 is 6.40. The molecule has 0 radical (unpaired) electrons. The second kappa shape index (κ2) is 4.35. The summed E-state index contributed by atoms with van der Waals surface area (Å²) >= 11 is 2.25. The molecule has 0 unspecified atom stereocenters. The molecule has 0 aromatic heterocycles. The van der Waals surface area contributed by atoms with Crippen molar-refractivity contribution in [1.29, 1.82) is 0 Å². The van der Waals surface area contributed by atoms with Crippen molar-refractivity contribution in [2.24, 2.45) is 0 Å². The van der Waals surface area contributed by atoms with Crippen molar-refractivity contribution in [3.05, 3.63) is 39.0 Å². The monoisotopic (exact) mass is 314 g/mol. The van der Waals surface area contributed by atoms with Gasteiger partial charge in [0.05, 0.1) is 5.56 Å². The van der Waals surface area contributed by atoms with Crippen LogP contribution in [0.25, 0.3) is 5.76 Å². The lowest BCUT2D eigenvalue weighted by Gasteiger charge is -2.02. The lowest BCUT2D eigenvalue weighted by atomic mass is 10.1. The zero-order chi connectivity index (χ0) is 10.8. The topological polar surface area (TPSA) is 26.3 Å². The summed E-state index contributed by atoms with van der Waals surface area (Å²) in [5, 5.41) is 0. The molecule has 0 N–H and O–H groups in total. The molecule has 2 nitrogen and oxygen atoms in total. The molecule has 0 atom stereocenters. The van der Waals surface area contributed by atoms with Crippen LogP contribution in [0.5, 0.6) is 0 Å². The van der Waals surface area contributed by atoms with E-state index in [0.29, 0.717) is 5.56 Å². The second-order valence-corrected chi connectivity index (χ2v) is 4.72. The van der Waals surface area contributed by atoms with Gasteiger partial charge in [-0.25, -0.2) is 4.79 Å². The van der Waals surface area contributed by atoms with E-state index in [0.717, 1.165) is 27.7 Å². The molecule has 2 rings (SSSR count). The molecule has 0 bridgehead atoms. The molecular formula is C12H11IO2. The number of benzene rings is 1. The quantitative estimate of drug-likeness (QED) is 0.614. The number of carbonyl (C=O) groups is 1. The fraction of sp³-hybridized carbons (Fsp3) is 0.250. The highest BCUT2D eigenvalue weighted by atomic mass is 127. The molecule has 1 aromatic carbocycles. The molecule has 1 aromatic rings. The molecule has 1 aliphatic heterocycles. The van der Waals surface area contributed by atoms with Crippen LogP contribution in [0.2, 0.25) is 0 Å². The minimum absolute atomic E-state index is 0.231. The first-order valence-corrected chi connectivity index (χ1v) is 6.02. The van der Waals surface area contributed by atoms with Crippen LogP contribution >= 0.6 is 22.6 Å². The molecule has 3 heteroatoms. The predicted molar refractivity (Wildman–Crippen MR) is 67.7 cm³/mol. The van der Waals surface area contributed by atoms with Crippen molar-refractivity contribution in [1.82, 2.24) is 0 Å². The number of hydrogen-bond donors (Lipinski definition) is 0. The molecule has 0 aliphatic carbocycles. The fourth-order valence-electron chi connectivity index (χ4n) is 1.60. The third-order valence-corrected chi connectivity index (χ3v) is 3.33. The maximum atomic E-state index is 11.5. The van der Waals surface area contributed by atoms with E-state index in [1.807, 2.05) is 18.2 Å². The zero-order valence-corrected chi connectivity index (χ0v) is 10.6. The van der Waals surface area contributed by atoms with Gasteiger partial charge in [-0.05, 0) is 35.1 Å². The number of fused-ring (bicyclic) bond motifs is 1. The Balaban J connectivity index is 2.49. The van der Waals surface area contributed by atoms with Gasteiger partial charge < -0.3 is 4.74 Å². The smallest absolute Gasteiger partial charge is 0.344 e. The van der Waals surface area contributed by atoms with Crippen molar-refractivity contribution < 1.29 is 9.53 Å². The Bertz CT molecular complexity index is 435. The van der Waals surface area contributed by atoms with Gasteiger partial charge in [0.25, 0.3) is 0 Å². The predicted octanol–water partition coefficient (Wildman–Crippen LogP) is 3.76. The van der Waals surface area contributed by atoms with Crippen molar-refractivity contribution >= 4 is 34.3 Å². The van der Waals surface area contributed by atoms with Gasteiger partial charge in [-0.2, -0.15) is 0 Å². The molecule has 1 aliphatic rings. The molecule has 0 spiro atoms. The number of carbonyl (C=O) groups excluding carboxylic acids is 1. The van der Waals surface area contributed by atoms with Gasteiger partial charge in [0.15, 0.2) is 0 Å². The van der Waals surface area contributed by atoms with Crippen LogP contribution in [0, 0.1) is 0 Å². The summed E-state index contributed by atoms with van der Waals surface area (Å²) in [6.45, 7) is 2.11. The highest BCUT2D eigenvalue weighted by Crippen LogP contribution is 2.35. The fourth-order valence-corrected chi connectivity index (χ4v) is 2.54. The summed E-state index contributed by atoms with van der Waals surface area (Å²) in [5.74, 6) is 0.518. The normalized spacial score (nSPS) is 17.3. The maximum absolute atomic E-state index is 11.5. The van der Waals surface area contributed by atoms with Gasteiger partial charge in [-0.1, -0.05) is 31.5 Å². The maximum Gasteiger partial charge on any atom is 0.344 e. The molecule has 0 amide bonds. The van der Waals surface area contributed by atoms with E-state index in [1.54, 1.807) is 6.07 Å². The Morgan fingerprint density at radius 1 is 1.33 bits per heavy atom. The van der Waals surface area contributed by atoms with Crippen LogP contribution in [0.4, 0.5) is 0 Å². The highest BCUT2D eigenvalue weighted by molar-refractivity contribution is 14.1. The van der Waals surface area contributed by atoms with E-state index in [9.17, 15) is 4.79 Å². The summed E-state index contributed by atoms with van der Waals surface area (Å²) in [7, 11) is 0. The second-order valence-electron chi connectivity index (χ2n) is 3.42. The average Bonchev–Trinajstić information content (AvgIpc) is 2.58. The van der Waals surface area contributed by atoms with Crippen LogP contribution < -0.4 is 0 Å². The molecule has 15 heavy (non-hydrogen) atoms. The number of ether oxygens (including phenoxy) is 1. The van der Waals surface area contributed by atoms with Crippen molar-refractivity contribution in [2.45, 2.75) is 19.8 Å². The van der Waals surface area contributed by atoms with Crippen LogP contribution in [-0.2, 0) is 4.74 Å². The summed E-state index contributed by atoms with van der Waals surface area (Å²) in [6.07, 6.45) is 2.01. The van der Waals surface area contributed by atoms with E-state index in [-0.39, 0.29) is 5.97 Å². The van der Waals surface area contributed by atoms with Crippen molar-refractivity contribution in [3.8, 4) is 0 Å². The third kappa shape index (κ3) is 1.93. The van der Waals surface area contributed by atoms with Crippen LogP contribution in [0.1, 0.15) is 35.7 Å². The SMILES string of the molecule is CCC/C(I)=C1\OC(=O)c2ccccc21. The van der Waals surface area contributed by atoms with Gasteiger partial charge >= 0.3 is 5.97 Å². The van der Waals surface area contributed by atoms with Crippen LogP contribution in [-0.4, -0.2) is 5.97 Å². The lowest BCUT2D eigenvalue weighted by molar-refractivity contribution is 0.0715. The van der Waals surface area contributed by atoms with Crippen molar-refractivity contribution in [3.63, 3.8) is 0 Å². The Hall–Kier alpha value is -0.840. The number of hydrogen-bond acceptors (Lipinski definition) is 2. The number of allylic oxidation sites excluding steroid dienone is 1. The number of esters is 1. The van der Waals surface area contributed by atoms with Crippen LogP contribution in [0.15, 0.2) is 27.8 Å². The Kier molecular flexibility index (Phi) is 3.09. The minimum Gasteiger partial charge on any atom is -0.421 e. The van der Waals surface area contributed by atoms with Gasteiger partial charge in [0, 0.05) is 9.14 Å². The molecule has 0 fully saturated rings.